The van der Waals surface area contributed by atoms with Crippen LogP contribution in [-0.4, -0.2) is 186 Å². The first-order valence-electron chi connectivity index (χ1n) is 26.1. The van der Waals surface area contributed by atoms with Crippen LogP contribution >= 0.6 is 0 Å². The van der Waals surface area contributed by atoms with Crippen LogP contribution in [0.15, 0.2) is 24.3 Å². The number of phenols is 1. The minimum atomic E-state index is -1.94. The van der Waals surface area contributed by atoms with Gasteiger partial charge in [0, 0.05) is 32.2 Å². The van der Waals surface area contributed by atoms with Crippen LogP contribution in [0, 0.1) is 17.8 Å². The van der Waals surface area contributed by atoms with Crippen molar-refractivity contribution >= 4 is 83.0 Å². The number of aromatic hydroxyl groups is 1. The van der Waals surface area contributed by atoms with Gasteiger partial charge in [-0.2, -0.15) is 0 Å². The number of likely N-dealkylation sites (tertiary alicyclic amines) is 1. The highest BCUT2D eigenvalue weighted by Crippen LogP contribution is 2.20. The Hall–Kier alpha value is -8.44. The maximum absolute atomic E-state index is 14.2. The van der Waals surface area contributed by atoms with Crippen LogP contribution in [0.4, 0.5) is 0 Å². The molecule has 30 heteroatoms. The number of nitrogens with one attached hydrogen (secondary N) is 8. The maximum Gasteiger partial charge on any atom is 0.326 e. The SMILES string of the molecule is CC(C)[C@H](NC(=O)[C@H](CC(=O)O)NC(=O)[C@H](CCC(=O)O)NC(=O)[C@@H](N)CCC(=O)O)C(=O)N[C@H](C(=O)N[C@H](C(=O)N[C@@H](Cc1ccc(O)cc1)C(=O)N[C@@H](C)C(=O)N1CCC[C@H]1C(=O)N[C@@H](CCC(=O)O)C(=O)O)C(C)C)C(C)C. The second kappa shape index (κ2) is 32.6. The van der Waals surface area contributed by atoms with Crippen molar-refractivity contribution in [3.63, 3.8) is 0 Å². The summed E-state index contributed by atoms with van der Waals surface area (Å²) in [4.78, 5) is 182. The van der Waals surface area contributed by atoms with E-state index in [1.54, 1.807) is 27.7 Å². The molecule has 0 aliphatic carbocycles. The molecule has 0 saturated carbocycles. The summed E-state index contributed by atoms with van der Waals surface area (Å²) in [7, 11) is 0. The molecule has 0 spiro atoms. The Kier molecular flexibility index (Phi) is 27.6. The second-order valence-corrected chi connectivity index (χ2v) is 20.6. The Morgan fingerprint density at radius 2 is 0.926 bits per heavy atom. The van der Waals surface area contributed by atoms with Crippen molar-refractivity contribution in [2.45, 2.75) is 173 Å². The summed E-state index contributed by atoms with van der Waals surface area (Å²) in [5, 5.41) is 75.7. The van der Waals surface area contributed by atoms with Gasteiger partial charge in [-0.3, -0.25) is 62.3 Å². The van der Waals surface area contributed by atoms with E-state index in [4.69, 9.17) is 15.9 Å². The number of rotatable bonds is 34. The minimum Gasteiger partial charge on any atom is -0.508 e. The Balaban J connectivity index is 2.34. The van der Waals surface area contributed by atoms with Gasteiger partial charge < -0.3 is 83.8 Å². The molecule has 81 heavy (non-hydrogen) atoms. The van der Waals surface area contributed by atoms with Gasteiger partial charge in [-0.15, -0.1) is 0 Å². The molecule has 16 N–H and O–H groups in total. The molecule has 1 aliphatic rings. The predicted octanol–water partition coefficient (Wildman–Crippen LogP) is -2.73. The maximum atomic E-state index is 14.2. The molecule has 30 nitrogen and oxygen atoms in total. The molecule has 2 rings (SSSR count). The fraction of sp³-hybridized carbons (Fsp3) is 0.608. The highest BCUT2D eigenvalue weighted by molar-refractivity contribution is 5.99. The first-order chi connectivity index (χ1) is 37.7. The van der Waals surface area contributed by atoms with Crippen LogP contribution in [0.3, 0.4) is 0 Å². The summed E-state index contributed by atoms with van der Waals surface area (Å²) in [6.07, 6.45) is -3.99. The van der Waals surface area contributed by atoms with Gasteiger partial charge in [-0.05, 0) is 74.5 Å². The first kappa shape index (κ1) is 68.7. The summed E-state index contributed by atoms with van der Waals surface area (Å²) < 4.78 is 0. The fourth-order valence-corrected chi connectivity index (χ4v) is 8.29. The molecule has 1 saturated heterocycles. The Labute approximate surface area is 465 Å². The molecule has 1 aromatic rings. The molecular weight excluding hydrogens is 1070 g/mol. The molecule has 9 amide bonds. The molecule has 1 heterocycles. The third-order valence-electron chi connectivity index (χ3n) is 12.9. The van der Waals surface area contributed by atoms with Crippen LogP contribution in [0.25, 0.3) is 0 Å². The van der Waals surface area contributed by atoms with E-state index >= 15 is 0 Å². The molecule has 1 fully saturated rings. The zero-order chi connectivity index (χ0) is 61.6. The van der Waals surface area contributed by atoms with Crippen LogP contribution < -0.4 is 48.3 Å². The van der Waals surface area contributed by atoms with Gasteiger partial charge in [-0.25, -0.2) is 4.79 Å². The monoisotopic (exact) mass is 1150 g/mol. The van der Waals surface area contributed by atoms with Crippen LogP contribution in [0.5, 0.6) is 5.75 Å². The normalized spacial score (nSPS) is 16.4. The van der Waals surface area contributed by atoms with Crippen molar-refractivity contribution in [2.24, 2.45) is 23.5 Å². The highest BCUT2D eigenvalue weighted by atomic mass is 16.4. The average Bonchev–Trinajstić information content (AvgIpc) is 3.87. The molecule has 0 radical (unpaired) electrons. The number of phenolic OH excluding ortho intramolecular Hbond substituents is 1. The van der Waals surface area contributed by atoms with Crippen molar-refractivity contribution in [2.75, 3.05) is 6.54 Å². The molecule has 450 valence electrons. The van der Waals surface area contributed by atoms with E-state index < -0.39 is 200 Å². The summed E-state index contributed by atoms with van der Waals surface area (Å²) in [5.74, 6) is -18.1. The third kappa shape index (κ3) is 23.1. The van der Waals surface area contributed by atoms with E-state index in [-0.39, 0.29) is 31.6 Å². The van der Waals surface area contributed by atoms with Crippen LogP contribution in [0.1, 0.15) is 112 Å². The third-order valence-corrected chi connectivity index (χ3v) is 12.9. The van der Waals surface area contributed by atoms with Crippen molar-refractivity contribution in [1.82, 2.24) is 47.4 Å². The number of carboxylic acids is 5. The number of carbonyl (C=O) groups is 14. The lowest BCUT2D eigenvalue weighted by atomic mass is 9.97. The van der Waals surface area contributed by atoms with Crippen molar-refractivity contribution < 1.29 is 97.8 Å². The van der Waals surface area contributed by atoms with Crippen molar-refractivity contribution in [3.05, 3.63) is 29.8 Å². The molecule has 1 aliphatic heterocycles. The quantitative estimate of drug-likeness (QED) is 0.0333. The lowest BCUT2D eigenvalue weighted by Gasteiger charge is -2.31. The van der Waals surface area contributed by atoms with Crippen LogP contribution in [0.2, 0.25) is 0 Å². The van der Waals surface area contributed by atoms with Crippen LogP contribution in [-0.2, 0) is 73.5 Å². The number of carboxylic acid groups (broad SMARTS) is 5. The highest BCUT2D eigenvalue weighted by Gasteiger charge is 2.40. The molecule has 0 unspecified atom stereocenters. The standard InChI is InChI=1S/C51H76N10O20/c1-23(2)39(47(76)57-32(21-27-10-12-28(62)13-11-27)44(73)53-26(7)50(79)61-20-8-9-34(61)46(75)55-31(51(80)81)16-19-37(67)68)59-49(78)41(25(5)6)60-48(77)40(24(3)4)58-45(74)33(22-38(69)70)56-43(72)30(15-18-36(65)66)54-42(71)29(52)14-17-35(63)64/h10-13,23-26,29-34,39-41,62H,8-9,14-22,52H2,1-7H3,(H,53,73)(H,54,71)(H,55,75)(H,56,72)(H,57,76)(H,58,74)(H,59,78)(H,60,77)(H,63,64)(H,65,66)(H,67,68)(H,69,70)(H,80,81)/t26-,29-,30-,31-,32-,33-,34-,39-,40-,41-/m0/s1. The van der Waals surface area contributed by atoms with E-state index in [2.05, 4.69) is 42.5 Å². The largest absolute Gasteiger partial charge is 0.508 e. The number of nitrogens with zero attached hydrogens (tertiary/aromatic N) is 1. The lowest BCUT2D eigenvalue weighted by Crippen LogP contribution is -2.62. The van der Waals surface area contributed by atoms with Crippen molar-refractivity contribution in [3.8, 4) is 5.75 Å². The molecular formula is C51H76N10O20. The van der Waals surface area contributed by atoms with E-state index in [0.29, 0.717) is 12.0 Å². The van der Waals surface area contributed by atoms with Gasteiger partial charge in [0.25, 0.3) is 0 Å². The number of carbonyl (C=O) groups excluding carboxylic acids is 9. The Bertz CT molecular complexity index is 2470. The number of hydrogen-bond donors (Lipinski definition) is 15. The lowest BCUT2D eigenvalue weighted by molar-refractivity contribution is -0.145. The zero-order valence-corrected chi connectivity index (χ0v) is 46.0. The first-order valence-corrected chi connectivity index (χ1v) is 26.1. The number of amides is 9. The predicted molar refractivity (Wildman–Crippen MR) is 281 cm³/mol. The molecule has 0 aromatic heterocycles. The number of nitrogens with two attached hydrogens (primary N) is 1. The number of hydrogen-bond acceptors (Lipinski definition) is 16. The summed E-state index contributed by atoms with van der Waals surface area (Å²) >= 11 is 0. The van der Waals surface area contributed by atoms with Gasteiger partial charge in [-0.1, -0.05) is 53.7 Å². The molecule has 0 bridgehead atoms. The van der Waals surface area contributed by atoms with Gasteiger partial charge >= 0.3 is 29.8 Å². The summed E-state index contributed by atoms with van der Waals surface area (Å²) in [6.45, 7) is 10.5. The topological polar surface area (TPSA) is 486 Å². The van der Waals surface area contributed by atoms with E-state index in [0.717, 1.165) is 4.90 Å². The number of aliphatic carboxylic acids is 5. The smallest absolute Gasteiger partial charge is 0.326 e. The van der Waals surface area contributed by atoms with E-state index in [1.165, 1.54) is 45.0 Å². The van der Waals surface area contributed by atoms with Gasteiger partial charge in [0.15, 0.2) is 0 Å². The Morgan fingerprint density at radius 3 is 1.40 bits per heavy atom. The van der Waals surface area contributed by atoms with Gasteiger partial charge in [0.1, 0.15) is 60.1 Å². The number of benzene rings is 1. The van der Waals surface area contributed by atoms with E-state index in [1.807, 2.05) is 0 Å². The summed E-state index contributed by atoms with van der Waals surface area (Å²) in [5.41, 5.74) is 6.17. The molecule has 1 aromatic carbocycles. The second-order valence-electron chi connectivity index (χ2n) is 20.6. The molecule has 10 atom stereocenters. The van der Waals surface area contributed by atoms with E-state index in [9.17, 15) is 87.5 Å². The van der Waals surface area contributed by atoms with Gasteiger partial charge in [0.2, 0.25) is 53.2 Å². The summed E-state index contributed by atoms with van der Waals surface area (Å²) in [6, 6.07) is -9.42. The van der Waals surface area contributed by atoms with Gasteiger partial charge in [0.05, 0.1) is 12.5 Å². The average molecular weight is 1150 g/mol. The fourth-order valence-electron chi connectivity index (χ4n) is 8.29. The van der Waals surface area contributed by atoms with Crippen molar-refractivity contribution in [1.29, 1.82) is 0 Å². The zero-order valence-electron chi connectivity index (χ0n) is 46.0. The minimum absolute atomic E-state index is 0.0470. The Morgan fingerprint density at radius 1 is 0.506 bits per heavy atom.